The van der Waals surface area contributed by atoms with E-state index >= 15 is 0 Å². The quantitative estimate of drug-likeness (QED) is 0.568. The van der Waals surface area contributed by atoms with Gasteiger partial charge in [-0.3, -0.25) is 14.4 Å². The summed E-state index contributed by atoms with van der Waals surface area (Å²) in [6, 6.07) is 0. The van der Waals surface area contributed by atoms with E-state index in [1.807, 2.05) is 4.90 Å². The molecule has 24 heavy (non-hydrogen) atoms. The second-order valence-electron chi connectivity index (χ2n) is 7.01. The van der Waals surface area contributed by atoms with Crippen molar-refractivity contribution in [1.82, 2.24) is 10.2 Å². The molecule has 6 nitrogen and oxygen atoms in total. The molecule has 2 aliphatic rings. The number of amides is 2. The summed E-state index contributed by atoms with van der Waals surface area (Å²) in [7, 11) is 1.36. The zero-order valence-electron chi connectivity index (χ0n) is 14.7. The molecule has 1 saturated carbocycles. The van der Waals surface area contributed by atoms with Gasteiger partial charge in [-0.05, 0) is 31.6 Å². The van der Waals surface area contributed by atoms with Gasteiger partial charge in [0.2, 0.25) is 11.8 Å². The molecule has 1 heterocycles. The molecule has 0 unspecified atom stereocenters. The van der Waals surface area contributed by atoms with E-state index in [4.69, 9.17) is 0 Å². The van der Waals surface area contributed by atoms with Gasteiger partial charge in [0.15, 0.2) is 0 Å². The van der Waals surface area contributed by atoms with Crippen LogP contribution < -0.4 is 5.32 Å². The fourth-order valence-electron chi connectivity index (χ4n) is 3.68. The molecular formula is C18H30N2O4. The van der Waals surface area contributed by atoms with Crippen molar-refractivity contribution in [2.24, 2.45) is 11.8 Å². The number of carbonyl (C=O) groups excluding carboxylic acids is 3. The SMILES string of the molecule is COC(=O)CCCNC(=O)[C@H]1CCC(=O)N(CC2CCCCC2)C1. The highest BCUT2D eigenvalue weighted by atomic mass is 16.5. The van der Waals surface area contributed by atoms with Crippen LogP contribution in [0.5, 0.6) is 0 Å². The van der Waals surface area contributed by atoms with Crippen LogP contribution in [0.3, 0.4) is 0 Å². The van der Waals surface area contributed by atoms with E-state index in [9.17, 15) is 14.4 Å². The lowest BCUT2D eigenvalue weighted by molar-refractivity contribution is -0.141. The van der Waals surface area contributed by atoms with Gasteiger partial charge in [0.05, 0.1) is 13.0 Å². The summed E-state index contributed by atoms with van der Waals surface area (Å²) in [5.41, 5.74) is 0. The maximum atomic E-state index is 12.3. The molecule has 1 atom stereocenters. The number of likely N-dealkylation sites (tertiary alicyclic amines) is 1. The Balaban J connectivity index is 1.73. The Morgan fingerprint density at radius 3 is 2.67 bits per heavy atom. The lowest BCUT2D eigenvalue weighted by Crippen LogP contribution is -2.47. The Hall–Kier alpha value is -1.59. The first-order chi connectivity index (χ1) is 11.6. The molecule has 0 aromatic rings. The van der Waals surface area contributed by atoms with Crippen LogP contribution in [-0.4, -0.2) is 49.4 Å². The highest BCUT2D eigenvalue weighted by Gasteiger charge is 2.31. The summed E-state index contributed by atoms with van der Waals surface area (Å²) in [6.07, 6.45) is 8.22. The number of piperidine rings is 1. The smallest absolute Gasteiger partial charge is 0.305 e. The number of nitrogens with one attached hydrogen (secondary N) is 1. The minimum atomic E-state index is -0.258. The van der Waals surface area contributed by atoms with Crippen molar-refractivity contribution < 1.29 is 19.1 Å². The number of rotatable bonds is 7. The van der Waals surface area contributed by atoms with Crippen LogP contribution in [0, 0.1) is 11.8 Å². The molecule has 6 heteroatoms. The Labute approximate surface area is 144 Å². The molecule has 0 radical (unpaired) electrons. The average molecular weight is 338 g/mol. The van der Waals surface area contributed by atoms with Crippen molar-refractivity contribution in [1.29, 1.82) is 0 Å². The minimum Gasteiger partial charge on any atom is -0.469 e. The molecule has 136 valence electrons. The predicted octanol–water partition coefficient (Wildman–Crippen LogP) is 1.87. The number of hydrogen-bond acceptors (Lipinski definition) is 4. The first-order valence-electron chi connectivity index (χ1n) is 9.22. The normalized spacial score (nSPS) is 22.3. The van der Waals surface area contributed by atoms with E-state index in [2.05, 4.69) is 10.1 Å². The van der Waals surface area contributed by atoms with Gasteiger partial charge in [-0.25, -0.2) is 0 Å². The van der Waals surface area contributed by atoms with Gasteiger partial charge in [0.1, 0.15) is 0 Å². The van der Waals surface area contributed by atoms with Gasteiger partial charge in [-0.1, -0.05) is 19.3 Å². The zero-order valence-corrected chi connectivity index (χ0v) is 14.7. The average Bonchev–Trinajstić information content (AvgIpc) is 2.61. The standard InChI is InChI=1S/C18H30N2O4/c1-24-17(22)8-5-11-19-18(23)15-9-10-16(21)20(13-15)12-14-6-3-2-4-7-14/h14-15H,2-13H2,1H3,(H,19,23)/t15-/m0/s1. The summed E-state index contributed by atoms with van der Waals surface area (Å²) in [5, 5.41) is 2.89. The van der Waals surface area contributed by atoms with Crippen LogP contribution >= 0.6 is 0 Å². The molecular weight excluding hydrogens is 308 g/mol. The summed E-state index contributed by atoms with van der Waals surface area (Å²) < 4.78 is 4.58. The van der Waals surface area contributed by atoms with Gasteiger partial charge in [-0.2, -0.15) is 0 Å². The topological polar surface area (TPSA) is 75.7 Å². The Morgan fingerprint density at radius 1 is 1.21 bits per heavy atom. The minimum absolute atomic E-state index is 0.000935. The van der Waals surface area contributed by atoms with Gasteiger partial charge < -0.3 is 15.0 Å². The second kappa shape index (κ2) is 9.64. The first kappa shape index (κ1) is 18.7. The molecule has 1 aliphatic carbocycles. The summed E-state index contributed by atoms with van der Waals surface area (Å²) >= 11 is 0. The van der Waals surface area contributed by atoms with E-state index in [0.717, 1.165) is 6.54 Å². The summed E-state index contributed by atoms with van der Waals surface area (Å²) in [5.74, 6) is 0.413. The predicted molar refractivity (Wildman–Crippen MR) is 90.1 cm³/mol. The molecule has 1 aliphatic heterocycles. The third-order valence-corrected chi connectivity index (χ3v) is 5.16. The van der Waals surface area contributed by atoms with Gasteiger partial charge in [-0.15, -0.1) is 0 Å². The van der Waals surface area contributed by atoms with E-state index in [1.54, 1.807) is 0 Å². The van der Waals surface area contributed by atoms with Gasteiger partial charge >= 0.3 is 5.97 Å². The summed E-state index contributed by atoms with van der Waals surface area (Å²) in [6.45, 7) is 1.82. The van der Waals surface area contributed by atoms with Crippen molar-refractivity contribution in [2.45, 2.75) is 57.8 Å². The summed E-state index contributed by atoms with van der Waals surface area (Å²) in [4.78, 5) is 37.4. The van der Waals surface area contributed by atoms with Crippen molar-refractivity contribution in [3.63, 3.8) is 0 Å². The van der Waals surface area contributed by atoms with E-state index in [0.29, 0.717) is 44.7 Å². The molecule has 1 N–H and O–H groups in total. The van der Waals surface area contributed by atoms with Crippen molar-refractivity contribution in [2.75, 3.05) is 26.7 Å². The number of nitrogens with zero attached hydrogens (tertiary/aromatic N) is 1. The van der Waals surface area contributed by atoms with Crippen LogP contribution in [-0.2, 0) is 19.1 Å². The lowest BCUT2D eigenvalue weighted by atomic mass is 9.87. The highest BCUT2D eigenvalue weighted by molar-refractivity contribution is 5.83. The van der Waals surface area contributed by atoms with Crippen LogP contribution in [0.15, 0.2) is 0 Å². The largest absolute Gasteiger partial charge is 0.469 e. The molecule has 0 aromatic heterocycles. The van der Waals surface area contributed by atoms with E-state index < -0.39 is 0 Å². The third kappa shape index (κ3) is 5.80. The zero-order chi connectivity index (χ0) is 17.4. The Morgan fingerprint density at radius 2 is 1.96 bits per heavy atom. The van der Waals surface area contributed by atoms with Crippen LogP contribution in [0.2, 0.25) is 0 Å². The second-order valence-corrected chi connectivity index (χ2v) is 7.01. The fraction of sp³-hybridized carbons (Fsp3) is 0.833. The van der Waals surface area contributed by atoms with E-state index in [1.165, 1.54) is 39.2 Å². The van der Waals surface area contributed by atoms with Crippen LogP contribution in [0.4, 0.5) is 0 Å². The van der Waals surface area contributed by atoms with Crippen molar-refractivity contribution in [3.8, 4) is 0 Å². The maximum Gasteiger partial charge on any atom is 0.305 e. The molecule has 2 amide bonds. The van der Waals surface area contributed by atoms with Crippen molar-refractivity contribution in [3.05, 3.63) is 0 Å². The fourth-order valence-corrected chi connectivity index (χ4v) is 3.68. The number of carbonyl (C=O) groups is 3. The Bertz CT molecular complexity index is 446. The third-order valence-electron chi connectivity index (χ3n) is 5.16. The molecule has 1 saturated heterocycles. The van der Waals surface area contributed by atoms with Gasteiger partial charge in [0, 0.05) is 32.5 Å². The Kier molecular flexibility index (Phi) is 7.53. The molecule has 0 spiro atoms. The maximum absolute atomic E-state index is 12.3. The molecule has 2 fully saturated rings. The molecule has 2 rings (SSSR count). The number of esters is 1. The highest BCUT2D eigenvalue weighted by Crippen LogP contribution is 2.27. The number of ether oxygens (including phenoxy) is 1. The van der Waals surface area contributed by atoms with Crippen LogP contribution in [0.1, 0.15) is 57.8 Å². The number of hydrogen-bond donors (Lipinski definition) is 1. The first-order valence-corrected chi connectivity index (χ1v) is 9.22. The van der Waals surface area contributed by atoms with E-state index in [-0.39, 0.29) is 23.7 Å². The van der Waals surface area contributed by atoms with Gasteiger partial charge in [0.25, 0.3) is 0 Å². The molecule has 0 bridgehead atoms. The lowest BCUT2D eigenvalue weighted by Gasteiger charge is -2.35. The molecule has 0 aromatic carbocycles. The van der Waals surface area contributed by atoms with Crippen molar-refractivity contribution >= 4 is 17.8 Å². The van der Waals surface area contributed by atoms with Crippen LogP contribution in [0.25, 0.3) is 0 Å². The number of methoxy groups -OCH3 is 1. The monoisotopic (exact) mass is 338 g/mol.